The minimum Gasteiger partial charge on any atom is -0.449 e. The van der Waals surface area contributed by atoms with Crippen molar-refractivity contribution in [2.75, 3.05) is 25.1 Å². The zero-order chi connectivity index (χ0) is 41.8. The van der Waals surface area contributed by atoms with E-state index in [-0.39, 0.29) is 37.7 Å². The number of amides is 3. The number of carbonyl (C=O) groups excluding carboxylic acids is 4. The first-order chi connectivity index (χ1) is 29.2. The Morgan fingerprint density at radius 2 is 1.50 bits per heavy atom. The van der Waals surface area contributed by atoms with Crippen molar-refractivity contribution in [1.29, 1.82) is 5.41 Å². The van der Waals surface area contributed by atoms with Crippen LogP contribution in [0.5, 0.6) is 0 Å². The van der Waals surface area contributed by atoms with Crippen molar-refractivity contribution in [3.63, 3.8) is 0 Å². The van der Waals surface area contributed by atoms with Gasteiger partial charge in [-0.15, -0.1) is 0 Å². The molecule has 2 saturated carbocycles. The van der Waals surface area contributed by atoms with Crippen LogP contribution in [0.25, 0.3) is 11.1 Å². The molecule has 3 fully saturated rings. The van der Waals surface area contributed by atoms with Crippen molar-refractivity contribution in [2.24, 2.45) is 17.6 Å². The highest BCUT2D eigenvalue weighted by molar-refractivity contribution is 6.01. The molecule has 4 aromatic rings. The normalized spacial score (nSPS) is 19.4. The molecule has 2 heterocycles. The number of para-hydroxylation sites is 2. The zero-order valence-corrected chi connectivity index (χ0v) is 34.1. The number of aryl methyl sites for hydroxylation is 1. The Morgan fingerprint density at radius 3 is 2.22 bits per heavy atom. The number of ketones is 1. The smallest absolute Gasteiger partial charge is 0.407 e. The largest absolute Gasteiger partial charge is 0.449 e. The lowest BCUT2D eigenvalue weighted by atomic mass is 9.90. The summed E-state index contributed by atoms with van der Waals surface area (Å²) in [6, 6.07) is 20.7. The Kier molecular flexibility index (Phi) is 14.5. The molecule has 6 N–H and O–H groups in total. The number of oxazole rings is 1. The molecule has 0 spiro atoms. The van der Waals surface area contributed by atoms with Crippen LogP contribution in [-0.2, 0) is 31.9 Å². The van der Waals surface area contributed by atoms with E-state index in [1.54, 1.807) is 48.5 Å². The van der Waals surface area contributed by atoms with Gasteiger partial charge in [0.05, 0.1) is 12.7 Å². The molecule has 318 valence electrons. The maximum Gasteiger partial charge on any atom is 0.407 e. The minimum absolute atomic E-state index is 0.0833. The van der Waals surface area contributed by atoms with E-state index < -0.39 is 47.9 Å². The molecule has 14 heteroatoms. The van der Waals surface area contributed by atoms with E-state index in [1.807, 2.05) is 30.3 Å². The highest BCUT2D eigenvalue weighted by atomic mass is 16.5. The van der Waals surface area contributed by atoms with Crippen LogP contribution in [0.15, 0.2) is 83.3 Å². The molecule has 0 bridgehead atoms. The van der Waals surface area contributed by atoms with Crippen molar-refractivity contribution in [3.05, 3.63) is 95.9 Å². The number of benzene rings is 3. The van der Waals surface area contributed by atoms with Crippen LogP contribution in [-0.4, -0.2) is 83.5 Å². The number of alkyl carbamates (subject to hydrolysis) is 1. The Morgan fingerprint density at radius 1 is 0.817 bits per heavy atom. The van der Waals surface area contributed by atoms with Crippen molar-refractivity contribution < 1.29 is 33.1 Å². The lowest BCUT2D eigenvalue weighted by molar-refractivity contribution is -0.140. The number of likely N-dealkylation sites (tertiary alicyclic amines) is 1. The van der Waals surface area contributed by atoms with Gasteiger partial charge in [0.1, 0.15) is 23.6 Å². The van der Waals surface area contributed by atoms with Gasteiger partial charge < -0.3 is 40.5 Å². The van der Waals surface area contributed by atoms with Gasteiger partial charge in [-0.1, -0.05) is 86.7 Å². The second-order valence-corrected chi connectivity index (χ2v) is 16.5. The number of ether oxygens (including phenoxy) is 2. The molecule has 1 aliphatic heterocycles. The van der Waals surface area contributed by atoms with Gasteiger partial charge in [0.25, 0.3) is 5.89 Å². The average Bonchev–Trinajstić information content (AvgIpc) is 4.05. The van der Waals surface area contributed by atoms with Gasteiger partial charge in [0.2, 0.25) is 17.6 Å². The maximum absolute atomic E-state index is 14.8. The van der Waals surface area contributed by atoms with Gasteiger partial charge in [-0.3, -0.25) is 19.8 Å². The first-order valence-corrected chi connectivity index (χ1v) is 21.5. The van der Waals surface area contributed by atoms with Crippen LogP contribution in [0.3, 0.4) is 0 Å². The number of rotatable bonds is 17. The van der Waals surface area contributed by atoms with Crippen molar-refractivity contribution in [3.8, 4) is 0 Å². The summed E-state index contributed by atoms with van der Waals surface area (Å²) in [5.41, 5.74) is 8.77. The predicted octanol–water partition coefficient (Wildman–Crippen LogP) is 6.53. The van der Waals surface area contributed by atoms with E-state index in [0.717, 1.165) is 56.9 Å². The van der Waals surface area contributed by atoms with Crippen molar-refractivity contribution in [2.45, 2.75) is 108 Å². The van der Waals surface area contributed by atoms with Crippen LogP contribution in [0.1, 0.15) is 92.4 Å². The second-order valence-electron chi connectivity index (χ2n) is 16.5. The van der Waals surface area contributed by atoms with Crippen LogP contribution in [0.4, 0.5) is 10.5 Å². The Labute approximate surface area is 350 Å². The number of carbonyl (C=O) groups is 4. The van der Waals surface area contributed by atoms with Crippen LogP contribution >= 0.6 is 0 Å². The summed E-state index contributed by atoms with van der Waals surface area (Å²) in [7, 11) is 0. The molecule has 4 atom stereocenters. The topological polar surface area (TPSA) is 202 Å². The fourth-order valence-corrected chi connectivity index (χ4v) is 8.72. The van der Waals surface area contributed by atoms with Gasteiger partial charge in [-0.25, -0.2) is 9.78 Å². The highest BCUT2D eigenvalue weighted by Crippen LogP contribution is 2.29. The quantitative estimate of drug-likeness (QED) is 0.0443. The number of hydrogen-bond acceptors (Lipinski definition) is 9. The molecule has 60 heavy (non-hydrogen) atoms. The first kappa shape index (κ1) is 42.4. The molecule has 1 saturated heterocycles. The number of nitrogens with two attached hydrogens (primary N) is 1. The van der Waals surface area contributed by atoms with Crippen LogP contribution < -0.4 is 21.7 Å². The summed E-state index contributed by atoms with van der Waals surface area (Å²) in [5.74, 6) is -1.10. The predicted molar refractivity (Wildman–Crippen MR) is 227 cm³/mol. The lowest BCUT2D eigenvalue weighted by Crippen LogP contribution is -2.55. The molecule has 0 unspecified atom stereocenters. The summed E-state index contributed by atoms with van der Waals surface area (Å²) >= 11 is 0. The van der Waals surface area contributed by atoms with E-state index in [2.05, 4.69) is 20.9 Å². The molecule has 3 aliphatic rings. The summed E-state index contributed by atoms with van der Waals surface area (Å²) in [5, 5.41) is 16.1. The number of fused-ring (bicyclic) bond motifs is 1. The Bertz CT molecular complexity index is 2050. The third kappa shape index (κ3) is 11.5. The molecule has 7 rings (SSSR count). The molecule has 14 nitrogen and oxygen atoms in total. The molecule has 1 aromatic heterocycles. The van der Waals surface area contributed by atoms with E-state index in [0.29, 0.717) is 53.8 Å². The first-order valence-electron chi connectivity index (χ1n) is 21.5. The maximum atomic E-state index is 14.8. The van der Waals surface area contributed by atoms with E-state index in [9.17, 15) is 19.2 Å². The molecule has 2 aliphatic carbocycles. The monoisotopic (exact) mass is 819 g/mol. The summed E-state index contributed by atoms with van der Waals surface area (Å²) in [6.07, 6.45) is 9.95. The van der Waals surface area contributed by atoms with Gasteiger partial charge in [-0.2, -0.15) is 0 Å². The summed E-state index contributed by atoms with van der Waals surface area (Å²) in [4.78, 5) is 62.9. The van der Waals surface area contributed by atoms with Crippen LogP contribution in [0, 0.1) is 17.2 Å². The molecule has 3 amide bonds. The lowest BCUT2D eigenvalue weighted by Gasteiger charge is -2.29. The number of nitrogens with one attached hydrogen (secondary N) is 4. The number of guanidine groups is 1. The molecule has 0 radical (unpaired) electrons. The zero-order valence-electron chi connectivity index (χ0n) is 34.1. The second kappa shape index (κ2) is 20.5. The minimum atomic E-state index is -1.12. The van der Waals surface area contributed by atoms with Crippen LogP contribution in [0.2, 0.25) is 0 Å². The molecule has 3 aromatic carbocycles. The SMILES string of the molecule is N=C(N)Nc1ccc(C[C@H](NC(=O)[C@@H]2C[C@@H](OCC3CCCCC3)CN2C(=O)[C@@H](CCc2ccccc2)NC(=O)OCC2CCCC2)C(=O)c2nc3ccccc3o2)cc1. The molecular formula is C46H57N7O7. The van der Waals surface area contributed by atoms with Gasteiger partial charge in [0, 0.05) is 31.7 Å². The Hall–Kier alpha value is -5.76. The third-order valence-electron chi connectivity index (χ3n) is 12.0. The fourth-order valence-electron chi connectivity index (χ4n) is 8.72. The molecular weight excluding hydrogens is 763 g/mol. The highest BCUT2D eigenvalue weighted by Gasteiger charge is 2.44. The average molecular weight is 820 g/mol. The van der Waals surface area contributed by atoms with E-state index in [4.69, 9.17) is 25.0 Å². The summed E-state index contributed by atoms with van der Waals surface area (Å²) in [6.45, 7) is 0.985. The van der Waals surface area contributed by atoms with Crippen molar-refractivity contribution >= 4 is 46.4 Å². The number of aromatic nitrogens is 1. The van der Waals surface area contributed by atoms with Gasteiger partial charge in [0.15, 0.2) is 11.5 Å². The number of nitrogens with zero attached hydrogens (tertiary/aromatic N) is 2. The third-order valence-corrected chi connectivity index (χ3v) is 12.0. The summed E-state index contributed by atoms with van der Waals surface area (Å²) < 4.78 is 18.0. The van der Waals surface area contributed by atoms with E-state index in [1.165, 1.54) is 11.3 Å². The Balaban J connectivity index is 1.13. The standard InChI is InChI=1S/C46H57N7O7/c47-45(48)49-34-22-19-31(20-23-34)25-38(41(54)43-51-36-17-9-10-18-40(36)60-43)50-42(55)39-26-35(58-28-32-13-5-2-6-14-32)27-53(39)44(56)37(24-21-30-11-3-1-4-12-30)52-46(57)59-29-33-15-7-8-16-33/h1,3-4,9-12,17-20,22-23,32-33,35,37-39H,2,5-8,13-16,21,24-29H2,(H,50,55)(H,52,57)(H4,47,48,49)/t35-,37-,38+,39+/m1/s1. The van der Waals surface area contributed by atoms with Gasteiger partial charge in [-0.05, 0) is 85.8 Å². The number of anilines is 1. The number of Topliss-reactive ketones (excluding diaryl/α,β-unsaturated/α-hetero) is 1. The van der Waals surface area contributed by atoms with E-state index >= 15 is 0 Å². The number of hydrogen-bond donors (Lipinski definition) is 5. The fraction of sp³-hybridized carbons (Fsp3) is 0.478. The van der Waals surface area contributed by atoms with Gasteiger partial charge >= 0.3 is 6.09 Å². The van der Waals surface area contributed by atoms with Crippen molar-refractivity contribution in [1.82, 2.24) is 20.5 Å².